The van der Waals surface area contributed by atoms with Gasteiger partial charge in [0.05, 0.1) is 5.69 Å². The van der Waals surface area contributed by atoms with Gasteiger partial charge in [0.1, 0.15) is 4.90 Å². The molecular weight excluding hydrogens is 248 g/mol. The molecule has 0 aliphatic rings. The Hall–Kier alpha value is -1.46. The maximum absolute atomic E-state index is 11.1. The molecule has 0 unspecified atom stereocenters. The quantitative estimate of drug-likeness (QED) is 0.635. The number of sulfonamides is 1. The number of primary sulfonamides is 1. The van der Waals surface area contributed by atoms with Crippen LogP contribution in [0.1, 0.15) is 31.9 Å². The summed E-state index contributed by atoms with van der Waals surface area (Å²) in [6.45, 7) is 5.86. The Morgan fingerprint density at radius 3 is 2.67 bits per heavy atom. The molecule has 5 heteroatoms. The lowest BCUT2D eigenvalue weighted by Gasteiger charge is -2.03. The summed E-state index contributed by atoms with van der Waals surface area (Å²) in [7, 11) is -3.68. The van der Waals surface area contributed by atoms with Crippen molar-refractivity contribution >= 4 is 15.6 Å². The lowest BCUT2D eigenvalue weighted by Crippen LogP contribution is -2.12. The van der Waals surface area contributed by atoms with Crippen LogP contribution in [-0.4, -0.2) is 13.4 Å². The van der Waals surface area contributed by atoms with Crippen molar-refractivity contribution in [2.75, 3.05) is 0 Å². The minimum atomic E-state index is -3.68. The van der Waals surface area contributed by atoms with E-state index < -0.39 is 10.0 Å². The number of nitrogens with two attached hydrogens (primary N) is 1. The number of hydrogen-bond acceptors (Lipinski definition) is 3. The predicted molar refractivity (Wildman–Crippen MR) is 73.3 cm³/mol. The molecule has 0 saturated heterocycles. The summed E-state index contributed by atoms with van der Waals surface area (Å²) in [5.41, 5.74) is 1.61. The van der Waals surface area contributed by atoms with Crippen molar-refractivity contribution in [3.63, 3.8) is 0 Å². The zero-order chi connectivity index (χ0) is 13.6. The highest BCUT2D eigenvalue weighted by Crippen LogP contribution is 2.16. The molecule has 1 rings (SSSR count). The van der Waals surface area contributed by atoms with E-state index in [1.54, 1.807) is 12.1 Å². The average molecular weight is 266 g/mol. The van der Waals surface area contributed by atoms with E-state index >= 15 is 0 Å². The number of hydrogen-bond donors (Lipinski definition) is 1. The van der Waals surface area contributed by atoms with Gasteiger partial charge in [-0.3, -0.25) is 4.98 Å². The maximum Gasteiger partial charge on any atom is 0.239 e. The molecule has 0 aliphatic carbocycles. The summed E-state index contributed by atoms with van der Waals surface area (Å²) in [6.07, 6.45) is 8.22. The van der Waals surface area contributed by atoms with Gasteiger partial charge >= 0.3 is 0 Å². The Bertz CT molecular complexity index is 531. The van der Waals surface area contributed by atoms with Crippen LogP contribution in [0.4, 0.5) is 0 Å². The SMILES string of the molecule is C=C/C(=C/CCCC)c1ccc(S(N)(=O)=O)cn1. The molecule has 0 atom stereocenters. The van der Waals surface area contributed by atoms with Crippen molar-refractivity contribution < 1.29 is 8.42 Å². The summed E-state index contributed by atoms with van der Waals surface area (Å²) in [5.74, 6) is 0. The summed E-state index contributed by atoms with van der Waals surface area (Å²) in [4.78, 5) is 4.11. The number of aromatic nitrogens is 1. The lowest BCUT2D eigenvalue weighted by atomic mass is 10.1. The van der Waals surface area contributed by atoms with Crippen molar-refractivity contribution in [3.8, 4) is 0 Å². The van der Waals surface area contributed by atoms with Gasteiger partial charge in [-0.1, -0.05) is 38.5 Å². The summed E-state index contributed by atoms with van der Waals surface area (Å²) in [6, 6.07) is 3.09. The molecule has 0 aromatic carbocycles. The van der Waals surface area contributed by atoms with E-state index in [1.165, 1.54) is 12.3 Å². The highest BCUT2D eigenvalue weighted by Gasteiger charge is 2.08. The van der Waals surface area contributed by atoms with Gasteiger partial charge in [0.25, 0.3) is 0 Å². The van der Waals surface area contributed by atoms with E-state index in [0.717, 1.165) is 24.8 Å². The van der Waals surface area contributed by atoms with Crippen LogP contribution in [0.5, 0.6) is 0 Å². The Morgan fingerprint density at radius 2 is 2.22 bits per heavy atom. The highest BCUT2D eigenvalue weighted by atomic mass is 32.2. The van der Waals surface area contributed by atoms with E-state index in [0.29, 0.717) is 5.69 Å². The second kappa shape index (κ2) is 6.47. The first-order valence-electron chi connectivity index (χ1n) is 5.81. The Morgan fingerprint density at radius 1 is 1.50 bits per heavy atom. The van der Waals surface area contributed by atoms with Crippen molar-refractivity contribution in [3.05, 3.63) is 42.8 Å². The van der Waals surface area contributed by atoms with E-state index in [9.17, 15) is 8.42 Å². The van der Waals surface area contributed by atoms with Crippen LogP contribution in [0, 0.1) is 0 Å². The topological polar surface area (TPSA) is 73.1 Å². The third-order valence-corrected chi connectivity index (χ3v) is 3.40. The zero-order valence-electron chi connectivity index (χ0n) is 10.5. The zero-order valence-corrected chi connectivity index (χ0v) is 11.3. The molecule has 18 heavy (non-hydrogen) atoms. The van der Waals surface area contributed by atoms with Crippen LogP contribution >= 0.6 is 0 Å². The first-order chi connectivity index (χ1) is 8.49. The van der Waals surface area contributed by atoms with Crippen LogP contribution in [-0.2, 0) is 10.0 Å². The van der Waals surface area contributed by atoms with Crippen molar-refractivity contribution in [1.82, 2.24) is 4.98 Å². The molecule has 0 aliphatic heterocycles. The molecule has 2 N–H and O–H groups in total. The fourth-order valence-electron chi connectivity index (χ4n) is 1.47. The maximum atomic E-state index is 11.1. The average Bonchev–Trinajstić information content (AvgIpc) is 2.34. The Kier molecular flexibility index (Phi) is 5.25. The molecule has 0 amide bonds. The Balaban J connectivity index is 2.96. The lowest BCUT2D eigenvalue weighted by molar-refractivity contribution is 0.597. The van der Waals surface area contributed by atoms with Gasteiger partial charge in [-0.05, 0) is 24.1 Å². The molecule has 4 nitrogen and oxygen atoms in total. The molecule has 0 fully saturated rings. The van der Waals surface area contributed by atoms with Crippen LogP contribution in [0.2, 0.25) is 0 Å². The van der Waals surface area contributed by atoms with Crippen LogP contribution in [0.3, 0.4) is 0 Å². The van der Waals surface area contributed by atoms with E-state index in [2.05, 4.69) is 24.6 Å². The third-order valence-electron chi connectivity index (χ3n) is 2.50. The minimum Gasteiger partial charge on any atom is -0.255 e. The van der Waals surface area contributed by atoms with Gasteiger partial charge in [0, 0.05) is 6.20 Å². The van der Waals surface area contributed by atoms with E-state index in [-0.39, 0.29) is 4.90 Å². The number of nitrogens with zero attached hydrogens (tertiary/aromatic N) is 1. The molecule has 98 valence electrons. The first kappa shape index (κ1) is 14.6. The standard InChI is InChI=1S/C13H18N2O2S/c1-3-5-6-7-11(4-2)13-9-8-12(10-15-13)18(14,16)17/h4,7-10H,2-3,5-6H2,1H3,(H2,14,16,17)/b11-7-. The van der Waals surface area contributed by atoms with Crippen molar-refractivity contribution in [2.24, 2.45) is 5.14 Å². The van der Waals surface area contributed by atoms with Crippen LogP contribution < -0.4 is 5.14 Å². The fourth-order valence-corrected chi connectivity index (χ4v) is 1.93. The summed E-state index contributed by atoms with van der Waals surface area (Å²) >= 11 is 0. The van der Waals surface area contributed by atoms with Gasteiger partial charge < -0.3 is 0 Å². The van der Waals surface area contributed by atoms with Crippen molar-refractivity contribution in [2.45, 2.75) is 31.1 Å². The minimum absolute atomic E-state index is 0.0169. The third kappa shape index (κ3) is 4.09. The second-order valence-corrected chi connectivity index (χ2v) is 5.49. The first-order valence-corrected chi connectivity index (χ1v) is 7.35. The molecular formula is C13H18N2O2S. The van der Waals surface area contributed by atoms with E-state index in [1.807, 2.05) is 0 Å². The van der Waals surface area contributed by atoms with Gasteiger partial charge in [-0.2, -0.15) is 0 Å². The molecule has 0 saturated carbocycles. The molecule has 1 heterocycles. The summed E-state index contributed by atoms with van der Waals surface area (Å²) in [5, 5.41) is 5.01. The Labute approximate surface area is 108 Å². The van der Waals surface area contributed by atoms with Gasteiger partial charge in [-0.25, -0.2) is 13.6 Å². The number of rotatable bonds is 6. The largest absolute Gasteiger partial charge is 0.255 e. The highest BCUT2D eigenvalue weighted by molar-refractivity contribution is 7.89. The normalized spacial score (nSPS) is 12.4. The smallest absolute Gasteiger partial charge is 0.239 e. The number of allylic oxidation sites excluding steroid dienone is 3. The molecule has 0 radical (unpaired) electrons. The molecule has 1 aromatic rings. The molecule has 0 bridgehead atoms. The van der Waals surface area contributed by atoms with Gasteiger partial charge in [0.15, 0.2) is 0 Å². The van der Waals surface area contributed by atoms with Crippen molar-refractivity contribution in [1.29, 1.82) is 0 Å². The second-order valence-electron chi connectivity index (χ2n) is 3.93. The van der Waals surface area contributed by atoms with Gasteiger partial charge in [-0.15, -0.1) is 0 Å². The van der Waals surface area contributed by atoms with Crippen LogP contribution in [0.15, 0.2) is 42.0 Å². The van der Waals surface area contributed by atoms with E-state index in [4.69, 9.17) is 5.14 Å². The molecule has 1 aromatic heterocycles. The van der Waals surface area contributed by atoms with Gasteiger partial charge in [0.2, 0.25) is 10.0 Å². The number of unbranched alkanes of at least 4 members (excludes halogenated alkanes) is 2. The number of pyridine rings is 1. The van der Waals surface area contributed by atoms with Crippen LogP contribution in [0.25, 0.3) is 5.57 Å². The summed E-state index contributed by atoms with van der Waals surface area (Å²) < 4.78 is 22.2. The monoisotopic (exact) mass is 266 g/mol. The molecule has 0 spiro atoms. The predicted octanol–water partition coefficient (Wildman–Crippen LogP) is 2.49. The fraction of sp³-hybridized carbons (Fsp3) is 0.308.